The molecule has 4 N–H and O–H groups in total. The number of hydrogen-bond acceptors (Lipinski definition) is 8. The highest BCUT2D eigenvalue weighted by Crippen LogP contribution is 2.35. The van der Waals surface area contributed by atoms with Crippen molar-refractivity contribution >= 4 is 44.5 Å². The number of aliphatic hydroxyl groups excluding tert-OH is 1. The highest BCUT2D eigenvalue weighted by molar-refractivity contribution is 7.19. The van der Waals surface area contributed by atoms with Gasteiger partial charge in [-0.1, -0.05) is 17.4 Å². The van der Waals surface area contributed by atoms with Crippen LogP contribution in [0.5, 0.6) is 0 Å². The number of anilines is 3. The molecule has 152 valence electrons. The van der Waals surface area contributed by atoms with Crippen LogP contribution in [0.4, 0.5) is 24.5 Å². The van der Waals surface area contributed by atoms with Crippen molar-refractivity contribution in [1.82, 2.24) is 9.36 Å². The van der Waals surface area contributed by atoms with Crippen molar-refractivity contribution in [3.63, 3.8) is 0 Å². The topological polar surface area (TPSA) is 104 Å². The van der Waals surface area contributed by atoms with E-state index in [1.807, 2.05) is 4.90 Å². The number of thiazole rings is 1. The molecular formula is C18H17F2N5O2S2. The smallest absolute Gasteiger partial charge is 0.277 e. The molecule has 0 spiro atoms. The molecule has 0 atom stereocenters. The van der Waals surface area contributed by atoms with Crippen molar-refractivity contribution in [2.75, 3.05) is 29.0 Å². The van der Waals surface area contributed by atoms with Gasteiger partial charge in [0.05, 0.1) is 23.6 Å². The summed E-state index contributed by atoms with van der Waals surface area (Å²) >= 11 is 2.08. The molecule has 1 amide bonds. The number of nitrogens with one attached hydrogen (secondary N) is 1. The number of benzene rings is 1. The summed E-state index contributed by atoms with van der Waals surface area (Å²) in [5.74, 6) is -2.13. The number of carbonyl (C=O) groups is 1. The van der Waals surface area contributed by atoms with E-state index in [2.05, 4.69) is 14.7 Å². The van der Waals surface area contributed by atoms with Crippen molar-refractivity contribution in [3.05, 3.63) is 41.7 Å². The molecule has 3 heterocycles. The average molecular weight is 437 g/mol. The SMILES string of the molecule is Nc1sc(-c2c(F)cccc2F)nc1C(=O)Nc1cnsc1N1CCC(O)CC1. The molecule has 0 unspecified atom stereocenters. The normalized spacial score (nSPS) is 14.9. The standard InChI is InChI=1S/C18H17F2N5O2S2/c19-10-2-1-3-11(20)13(10)17-24-14(15(21)28-17)16(27)23-12-8-22-29-18(12)25-6-4-9(26)5-7-25/h1-3,8-9,26H,4-7,21H2,(H,23,27). The van der Waals surface area contributed by atoms with Crippen LogP contribution in [0.1, 0.15) is 23.3 Å². The molecule has 2 aromatic heterocycles. The minimum atomic E-state index is -0.776. The first-order valence-corrected chi connectivity index (χ1v) is 10.4. The van der Waals surface area contributed by atoms with Crippen LogP contribution in [-0.4, -0.2) is 39.6 Å². The number of piperidine rings is 1. The second-order valence-corrected chi connectivity index (χ2v) is 8.36. The Balaban J connectivity index is 1.56. The third-order valence-electron chi connectivity index (χ3n) is 4.60. The molecule has 29 heavy (non-hydrogen) atoms. The van der Waals surface area contributed by atoms with Gasteiger partial charge < -0.3 is 21.1 Å². The number of carbonyl (C=O) groups excluding carboxylic acids is 1. The number of aliphatic hydroxyl groups is 1. The van der Waals surface area contributed by atoms with Crippen molar-refractivity contribution in [2.45, 2.75) is 18.9 Å². The highest BCUT2D eigenvalue weighted by atomic mass is 32.1. The summed E-state index contributed by atoms with van der Waals surface area (Å²) in [6, 6.07) is 3.49. The fraction of sp³-hybridized carbons (Fsp3) is 0.278. The quantitative estimate of drug-likeness (QED) is 0.578. The number of halogens is 2. The lowest BCUT2D eigenvalue weighted by Crippen LogP contribution is -2.35. The van der Waals surface area contributed by atoms with E-state index in [4.69, 9.17) is 5.73 Å². The van der Waals surface area contributed by atoms with E-state index in [9.17, 15) is 18.7 Å². The first-order valence-electron chi connectivity index (χ1n) is 8.83. The minimum Gasteiger partial charge on any atom is -0.393 e. The molecule has 1 aliphatic heterocycles. The molecule has 4 rings (SSSR count). The summed E-state index contributed by atoms with van der Waals surface area (Å²) in [7, 11) is 0. The molecule has 1 fully saturated rings. The van der Waals surface area contributed by atoms with Crippen molar-refractivity contribution < 1.29 is 18.7 Å². The molecular weight excluding hydrogens is 420 g/mol. The summed E-state index contributed by atoms with van der Waals surface area (Å²) in [5, 5.41) is 13.2. The fourth-order valence-electron chi connectivity index (χ4n) is 3.10. The van der Waals surface area contributed by atoms with Gasteiger partial charge in [-0.2, -0.15) is 4.37 Å². The third-order valence-corrected chi connectivity index (χ3v) is 6.36. The number of nitrogens with zero attached hydrogens (tertiary/aromatic N) is 3. The van der Waals surface area contributed by atoms with Gasteiger partial charge in [-0.25, -0.2) is 13.8 Å². The molecule has 0 radical (unpaired) electrons. The van der Waals surface area contributed by atoms with E-state index in [1.165, 1.54) is 23.8 Å². The van der Waals surface area contributed by atoms with Gasteiger partial charge in [-0.05, 0) is 36.5 Å². The van der Waals surface area contributed by atoms with Crippen LogP contribution >= 0.6 is 22.9 Å². The lowest BCUT2D eigenvalue weighted by atomic mass is 10.1. The summed E-state index contributed by atoms with van der Waals surface area (Å²) < 4.78 is 32.2. The molecule has 0 saturated carbocycles. The zero-order valence-electron chi connectivity index (χ0n) is 15.1. The van der Waals surface area contributed by atoms with E-state index >= 15 is 0 Å². The Bertz CT molecular complexity index is 1030. The Kier molecular flexibility index (Phi) is 5.43. The molecule has 0 aliphatic carbocycles. The monoisotopic (exact) mass is 437 g/mol. The molecule has 1 saturated heterocycles. The van der Waals surface area contributed by atoms with Gasteiger partial charge >= 0.3 is 0 Å². The number of nitrogens with two attached hydrogens (primary N) is 1. The van der Waals surface area contributed by atoms with Crippen LogP contribution in [-0.2, 0) is 0 Å². The zero-order valence-corrected chi connectivity index (χ0v) is 16.7. The first-order chi connectivity index (χ1) is 13.9. The second-order valence-electron chi connectivity index (χ2n) is 6.55. The molecule has 11 heteroatoms. The molecule has 3 aromatic rings. The van der Waals surface area contributed by atoms with Gasteiger partial charge in [0.25, 0.3) is 5.91 Å². The van der Waals surface area contributed by atoms with E-state index in [-0.39, 0.29) is 27.4 Å². The summed E-state index contributed by atoms with van der Waals surface area (Å²) in [6.45, 7) is 1.31. The van der Waals surface area contributed by atoms with Crippen LogP contribution in [0.15, 0.2) is 24.4 Å². The number of amides is 1. The Labute approximate surface area is 173 Å². The number of aromatic nitrogens is 2. The zero-order chi connectivity index (χ0) is 20.5. The summed E-state index contributed by atoms with van der Waals surface area (Å²) in [5.41, 5.74) is 6.00. The van der Waals surface area contributed by atoms with Crippen LogP contribution in [0.2, 0.25) is 0 Å². The van der Waals surface area contributed by atoms with Gasteiger partial charge in [0.1, 0.15) is 26.6 Å². The van der Waals surface area contributed by atoms with Gasteiger partial charge in [0, 0.05) is 13.1 Å². The maximum atomic E-state index is 14.0. The highest BCUT2D eigenvalue weighted by Gasteiger charge is 2.25. The Hall–Kier alpha value is -2.63. The van der Waals surface area contributed by atoms with Gasteiger partial charge in [-0.15, -0.1) is 0 Å². The van der Waals surface area contributed by atoms with Crippen molar-refractivity contribution in [2.24, 2.45) is 0 Å². The Morgan fingerprint density at radius 3 is 2.66 bits per heavy atom. The maximum absolute atomic E-state index is 14.0. The summed E-state index contributed by atoms with van der Waals surface area (Å²) in [6.07, 6.45) is 2.50. The number of hydrogen-bond donors (Lipinski definition) is 3. The second kappa shape index (κ2) is 8.01. The third kappa shape index (κ3) is 3.93. The maximum Gasteiger partial charge on any atom is 0.277 e. The average Bonchev–Trinajstić information content (AvgIpc) is 3.29. The number of rotatable bonds is 4. The molecule has 7 nitrogen and oxygen atoms in total. The van der Waals surface area contributed by atoms with Crippen LogP contribution < -0.4 is 16.0 Å². The molecule has 1 aliphatic rings. The largest absolute Gasteiger partial charge is 0.393 e. The Morgan fingerprint density at radius 2 is 1.97 bits per heavy atom. The van der Waals surface area contributed by atoms with E-state index in [0.29, 0.717) is 31.6 Å². The predicted octanol–water partition coefficient (Wildman–Crippen LogP) is 3.34. The predicted molar refractivity (Wildman–Crippen MR) is 109 cm³/mol. The first kappa shape index (κ1) is 19.7. The van der Waals surface area contributed by atoms with Crippen LogP contribution in [0.3, 0.4) is 0 Å². The molecule has 1 aromatic carbocycles. The minimum absolute atomic E-state index is 0.00284. The van der Waals surface area contributed by atoms with E-state index < -0.39 is 17.5 Å². The van der Waals surface area contributed by atoms with Gasteiger partial charge in [0.2, 0.25) is 0 Å². The van der Waals surface area contributed by atoms with Gasteiger partial charge in [0.15, 0.2) is 5.69 Å². The Morgan fingerprint density at radius 1 is 1.28 bits per heavy atom. The van der Waals surface area contributed by atoms with Crippen molar-refractivity contribution in [3.8, 4) is 10.6 Å². The summed E-state index contributed by atoms with van der Waals surface area (Å²) in [4.78, 5) is 18.8. The lowest BCUT2D eigenvalue weighted by molar-refractivity contribution is 0.102. The fourth-order valence-corrected chi connectivity index (χ4v) is 4.74. The lowest BCUT2D eigenvalue weighted by Gasteiger charge is -2.30. The van der Waals surface area contributed by atoms with Gasteiger partial charge in [-0.3, -0.25) is 4.79 Å². The van der Waals surface area contributed by atoms with E-state index in [0.717, 1.165) is 28.5 Å². The van der Waals surface area contributed by atoms with E-state index in [1.54, 1.807) is 0 Å². The number of nitrogen functional groups attached to an aromatic ring is 1. The molecule has 0 bridgehead atoms. The van der Waals surface area contributed by atoms with Crippen LogP contribution in [0, 0.1) is 11.6 Å². The van der Waals surface area contributed by atoms with Crippen LogP contribution in [0.25, 0.3) is 10.6 Å². The van der Waals surface area contributed by atoms with Crippen molar-refractivity contribution in [1.29, 1.82) is 0 Å².